The Morgan fingerprint density at radius 1 is 1.14 bits per heavy atom. The van der Waals surface area contributed by atoms with Gasteiger partial charge in [0.25, 0.3) is 0 Å². The number of benzene rings is 1. The van der Waals surface area contributed by atoms with E-state index in [2.05, 4.69) is 9.55 Å². The Labute approximate surface area is 138 Å². The molecular formula is C14H17Cl3N2O2. The summed E-state index contributed by atoms with van der Waals surface area (Å²) in [7, 11) is 1.65. The molecular weight excluding hydrogens is 335 g/mol. The zero-order valence-corrected chi connectivity index (χ0v) is 14.0. The minimum atomic E-state index is 0.502. The van der Waals surface area contributed by atoms with Gasteiger partial charge < -0.3 is 14.0 Å². The number of ether oxygens (including phenoxy) is 2. The summed E-state index contributed by atoms with van der Waals surface area (Å²) in [4.78, 5) is 4.57. The lowest BCUT2D eigenvalue weighted by atomic mass is 10.3. The van der Waals surface area contributed by atoms with Gasteiger partial charge >= 0.3 is 0 Å². The number of aromatic nitrogens is 2. The molecule has 0 aliphatic carbocycles. The Morgan fingerprint density at radius 3 is 2.62 bits per heavy atom. The molecule has 1 aromatic heterocycles. The van der Waals surface area contributed by atoms with Crippen molar-refractivity contribution in [2.24, 2.45) is 0 Å². The molecule has 0 aliphatic rings. The molecule has 1 aromatic carbocycles. The monoisotopic (exact) mass is 350 g/mol. The molecule has 0 aliphatic heterocycles. The third-order valence-corrected chi connectivity index (χ3v) is 3.99. The summed E-state index contributed by atoms with van der Waals surface area (Å²) in [5.74, 6) is 1.42. The van der Waals surface area contributed by atoms with Crippen molar-refractivity contribution in [2.45, 2.75) is 13.0 Å². The Kier molecular flexibility index (Phi) is 6.58. The number of alkyl halides is 1. The van der Waals surface area contributed by atoms with Crippen molar-refractivity contribution in [1.82, 2.24) is 9.55 Å². The number of methoxy groups -OCH3 is 1. The van der Waals surface area contributed by atoms with E-state index in [1.165, 1.54) is 0 Å². The highest BCUT2D eigenvalue weighted by atomic mass is 35.5. The summed E-state index contributed by atoms with van der Waals surface area (Å²) < 4.78 is 12.5. The Bertz CT molecular complexity index is 601. The van der Waals surface area contributed by atoms with Crippen LogP contribution in [0.3, 0.4) is 0 Å². The van der Waals surface area contributed by atoms with Crippen LogP contribution >= 0.6 is 34.8 Å². The van der Waals surface area contributed by atoms with E-state index in [0.717, 1.165) is 16.9 Å². The van der Waals surface area contributed by atoms with Crippen LogP contribution in [0.25, 0.3) is 11.0 Å². The Balaban J connectivity index is 2.21. The van der Waals surface area contributed by atoms with Crippen molar-refractivity contribution in [3.8, 4) is 0 Å². The highest BCUT2D eigenvalue weighted by Gasteiger charge is 2.12. The van der Waals surface area contributed by atoms with E-state index >= 15 is 0 Å². The van der Waals surface area contributed by atoms with Crippen molar-refractivity contribution >= 4 is 45.8 Å². The zero-order valence-electron chi connectivity index (χ0n) is 11.7. The van der Waals surface area contributed by atoms with Crippen LogP contribution in [0.15, 0.2) is 12.1 Å². The molecule has 7 heteroatoms. The maximum Gasteiger partial charge on any atom is 0.111 e. The molecule has 0 unspecified atom stereocenters. The van der Waals surface area contributed by atoms with Gasteiger partial charge in [0.15, 0.2) is 0 Å². The third-order valence-electron chi connectivity index (χ3n) is 3.08. The summed E-state index contributed by atoms with van der Waals surface area (Å²) in [6.45, 7) is 2.41. The fourth-order valence-corrected chi connectivity index (χ4v) is 2.58. The van der Waals surface area contributed by atoms with Crippen LogP contribution in [0.4, 0.5) is 0 Å². The fraction of sp³-hybridized carbons (Fsp3) is 0.500. The molecule has 0 radical (unpaired) electrons. The van der Waals surface area contributed by atoms with Gasteiger partial charge in [0.05, 0.1) is 40.9 Å². The van der Waals surface area contributed by atoms with Gasteiger partial charge in [0.2, 0.25) is 0 Å². The Hall–Kier alpha value is -0.520. The summed E-state index contributed by atoms with van der Waals surface area (Å²) >= 11 is 18.0. The molecule has 1 heterocycles. The molecule has 0 saturated heterocycles. The van der Waals surface area contributed by atoms with Gasteiger partial charge in [-0.3, -0.25) is 0 Å². The van der Waals surface area contributed by atoms with E-state index < -0.39 is 0 Å². The number of hydrogen-bond acceptors (Lipinski definition) is 3. The van der Waals surface area contributed by atoms with Gasteiger partial charge in [0.1, 0.15) is 5.82 Å². The second kappa shape index (κ2) is 8.20. The molecule has 2 rings (SSSR count). The number of aryl methyl sites for hydroxylation is 1. The van der Waals surface area contributed by atoms with Gasteiger partial charge in [-0.05, 0) is 12.1 Å². The molecule has 2 aromatic rings. The van der Waals surface area contributed by atoms with E-state index in [9.17, 15) is 0 Å². The molecule has 21 heavy (non-hydrogen) atoms. The van der Waals surface area contributed by atoms with Crippen LogP contribution < -0.4 is 0 Å². The Morgan fingerprint density at radius 2 is 1.90 bits per heavy atom. The average molecular weight is 352 g/mol. The largest absolute Gasteiger partial charge is 0.382 e. The molecule has 0 saturated carbocycles. The predicted molar refractivity (Wildman–Crippen MR) is 86.9 cm³/mol. The van der Waals surface area contributed by atoms with Crippen molar-refractivity contribution in [3.63, 3.8) is 0 Å². The maximum absolute atomic E-state index is 6.10. The standard InChI is InChI=1S/C14H17Cl3N2O2/c1-20-6-7-21-5-4-19-13-9-11(17)10(16)8-12(13)18-14(19)2-3-15/h8-9H,2-7H2,1H3. The third kappa shape index (κ3) is 4.24. The zero-order chi connectivity index (χ0) is 15.2. The number of nitrogens with zero attached hydrogens (tertiary/aromatic N) is 2. The minimum absolute atomic E-state index is 0.502. The number of halogens is 3. The first-order valence-corrected chi connectivity index (χ1v) is 7.93. The second-order valence-corrected chi connectivity index (χ2v) is 5.67. The van der Waals surface area contributed by atoms with Gasteiger partial charge in [-0.15, -0.1) is 11.6 Å². The molecule has 0 fully saturated rings. The molecule has 0 N–H and O–H groups in total. The van der Waals surface area contributed by atoms with Crippen LogP contribution in [0.1, 0.15) is 5.82 Å². The maximum atomic E-state index is 6.10. The second-order valence-electron chi connectivity index (χ2n) is 4.48. The number of fused-ring (bicyclic) bond motifs is 1. The summed E-state index contributed by atoms with van der Waals surface area (Å²) in [5.41, 5.74) is 1.77. The first-order valence-electron chi connectivity index (χ1n) is 6.64. The molecule has 0 bridgehead atoms. The van der Waals surface area contributed by atoms with Crippen LogP contribution in [-0.2, 0) is 22.4 Å². The van der Waals surface area contributed by atoms with Crippen molar-refractivity contribution in [3.05, 3.63) is 28.0 Å². The summed E-state index contributed by atoms with van der Waals surface area (Å²) in [5, 5.41) is 1.02. The summed E-state index contributed by atoms with van der Waals surface area (Å²) in [6.07, 6.45) is 0.684. The van der Waals surface area contributed by atoms with E-state index in [1.807, 2.05) is 6.07 Å². The van der Waals surface area contributed by atoms with Crippen molar-refractivity contribution < 1.29 is 9.47 Å². The van der Waals surface area contributed by atoms with Crippen molar-refractivity contribution in [1.29, 1.82) is 0 Å². The highest BCUT2D eigenvalue weighted by Crippen LogP contribution is 2.28. The number of rotatable bonds is 8. The van der Waals surface area contributed by atoms with Gasteiger partial charge in [-0.1, -0.05) is 23.2 Å². The van der Waals surface area contributed by atoms with Gasteiger partial charge in [-0.25, -0.2) is 4.98 Å². The topological polar surface area (TPSA) is 36.3 Å². The van der Waals surface area contributed by atoms with Gasteiger partial charge in [-0.2, -0.15) is 0 Å². The van der Waals surface area contributed by atoms with Gasteiger partial charge in [0, 0.05) is 26.0 Å². The lowest BCUT2D eigenvalue weighted by molar-refractivity contribution is 0.0667. The van der Waals surface area contributed by atoms with Crippen LogP contribution in [0.5, 0.6) is 0 Å². The van der Waals surface area contributed by atoms with Crippen LogP contribution in [0, 0.1) is 0 Å². The van der Waals surface area contributed by atoms with Crippen molar-refractivity contribution in [2.75, 3.05) is 32.8 Å². The lowest BCUT2D eigenvalue weighted by Gasteiger charge is -2.09. The number of hydrogen-bond donors (Lipinski definition) is 0. The quantitative estimate of drug-likeness (QED) is 0.536. The molecule has 4 nitrogen and oxygen atoms in total. The average Bonchev–Trinajstić information content (AvgIpc) is 2.77. The molecule has 0 spiro atoms. The smallest absolute Gasteiger partial charge is 0.111 e. The normalized spacial score (nSPS) is 11.4. The van der Waals surface area contributed by atoms with Crippen LogP contribution in [0.2, 0.25) is 10.0 Å². The summed E-state index contributed by atoms with van der Waals surface area (Å²) in [6, 6.07) is 3.61. The number of imidazole rings is 1. The first kappa shape index (κ1) is 16.8. The molecule has 116 valence electrons. The SMILES string of the molecule is COCCOCCn1c(CCCl)nc2cc(Cl)c(Cl)cc21. The lowest BCUT2D eigenvalue weighted by Crippen LogP contribution is -2.12. The molecule has 0 atom stereocenters. The highest BCUT2D eigenvalue weighted by molar-refractivity contribution is 6.42. The van der Waals surface area contributed by atoms with E-state index in [1.54, 1.807) is 13.2 Å². The fourth-order valence-electron chi connectivity index (χ4n) is 2.10. The van der Waals surface area contributed by atoms with Crippen LogP contribution in [-0.4, -0.2) is 42.4 Å². The minimum Gasteiger partial charge on any atom is -0.382 e. The van der Waals surface area contributed by atoms with E-state index in [4.69, 9.17) is 44.3 Å². The predicted octanol–water partition coefficient (Wildman–Crippen LogP) is 3.79. The van der Waals surface area contributed by atoms with E-state index in [0.29, 0.717) is 48.7 Å². The van der Waals surface area contributed by atoms with E-state index in [-0.39, 0.29) is 0 Å². The first-order chi connectivity index (χ1) is 10.2. The molecule has 0 amide bonds.